The van der Waals surface area contributed by atoms with Crippen molar-refractivity contribution in [2.45, 2.75) is 26.7 Å². The molecule has 0 saturated heterocycles. The van der Waals surface area contributed by atoms with Crippen LogP contribution in [0.3, 0.4) is 0 Å². The first kappa shape index (κ1) is 18.1. The molecule has 0 aliphatic heterocycles. The van der Waals surface area contributed by atoms with Crippen LogP contribution in [0.1, 0.15) is 26.7 Å². The van der Waals surface area contributed by atoms with E-state index in [1.165, 1.54) is 0 Å². The molecular weight excluding hydrogens is 244 g/mol. The van der Waals surface area contributed by atoms with Gasteiger partial charge in [0.05, 0.1) is 0 Å². The number of nitrogens with zero attached hydrogens (tertiary/aromatic N) is 2. The van der Waals surface area contributed by atoms with Gasteiger partial charge in [0.2, 0.25) is 5.96 Å². The van der Waals surface area contributed by atoms with Crippen molar-refractivity contribution in [2.75, 3.05) is 13.2 Å². The molecule has 0 aliphatic rings. The van der Waals surface area contributed by atoms with E-state index in [1.807, 2.05) is 6.92 Å². The number of hydrogen-bond donors (Lipinski definition) is 5. The van der Waals surface area contributed by atoms with Gasteiger partial charge in [0.25, 0.3) is 5.09 Å². The van der Waals surface area contributed by atoms with Gasteiger partial charge in [0, 0.05) is 6.54 Å². The molecule has 10 heteroatoms. The van der Waals surface area contributed by atoms with Crippen LogP contribution in [0.2, 0.25) is 0 Å². The van der Waals surface area contributed by atoms with Crippen molar-refractivity contribution >= 4 is 11.9 Å². The van der Waals surface area contributed by atoms with Crippen LogP contribution in [0, 0.1) is 15.5 Å². The molecule has 10 nitrogen and oxygen atoms in total. The van der Waals surface area contributed by atoms with Crippen LogP contribution in [0.4, 0.5) is 0 Å². The summed E-state index contributed by atoms with van der Waals surface area (Å²) in [6, 6.07) is 0. The highest BCUT2D eigenvalue weighted by Gasteiger charge is 1.97. The summed E-state index contributed by atoms with van der Waals surface area (Å²) in [5.74, 6) is 0.208. The number of hydrogen-bond acceptors (Lipinski definition) is 5. The smallest absolute Gasteiger partial charge is 0.291 e. The van der Waals surface area contributed by atoms with E-state index in [9.17, 15) is 0 Å². The van der Waals surface area contributed by atoms with Crippen molar-refractivity contribution in [1.29, 1.82) is 5.41 Å². The summed E-state index contributed by atoms with van der Waals surface area (Å²) in [5, 5.41) is 29.8. The van der Waals surface area contributed by atoms with Crippen molar-refractivity contribution in [3.05, 3.63) is 10.1 Å². The third-order valence-electron chi connectivity index (χ3n) is 1.34. The second kappa shape index (κ2) is 12.8. The Bertz CT molecular complexity index is 266. The molecule has 0 amide bonds. The zero-order valence-electron chi connectivity index (χ0n) is 10.5. The lowest BCUT2D eigenvalue weighted by Crippen LogP contribution is -2.44. The molecule has 0 saturated carbocycles. The lowest BCUT2D eigenvalue weighted by molar-refractivity contribution is -0.742. The molecule has 0 aromatic rings. The normalized spacial score (nSPS) is 9.78. The van der Waals surface area contributed by atoms with Gasteiger partial charge in [-0.25, -0.2) is 0 Å². The van der Waals surface area contributed by atoms with Crippen molar-refractivity contribution in [2.24, 2.45) is 10.9 Å². The van der Waals surface area contributed by atoms with E-state index >= 15 is 0 Å². The van der Waals surface area contributed by atoms with Gasteiger partial charge in [0.15, 0.2) is 5.96 Å². The zero-order chi connectivity index (χ0) is 14.4. The minimum atomic E-state index is -1.50. The van der Waals surface area contributed by atoms with Crippen molar-refractivity contribution in [3.63, 3.8) is 0 Å². The van der Waals surface area contributed by atoms with Gasteiger partial charge >= 0.3 is 0 Å². The maximum Gasteiger partial charge on any atom is 0.291 e. The van der Waals surface area contributed by atoms with E-state index in [1.54, 1.807) is 0 Å². The molecule has 18 heavy (non-hydrogen) atoms. The van der Waals surface area contributed by atoms with E-state index in [4.69, 9.17) is 31.3 Å². The summed E-state index contributed by atoms with van der Waals surface area (Å²) < 4.78 is 0. The highest BCUT2D eigenvalue weighted by Crippen LogP contribution is 1.87. The van der Waals surface area contributed by atoms with Crippen LogP contribution < -0.4 is 16.4 Å². The van der Waals surface area contributed by atoms with Crippen LogP contribution in [-0.4, -0.2) is 35.4 Å². The number of rotatable bonds is 5. The Hall–Kier alpha value is -2.26. The first-order valence-corrected chi connectivity index (χ1v) is 5.32. The fourth-order valence-corrected chi connectivity index (χ4v) is 0.713. The minimum Gasteiger partial charge on any atom is -0.393 e. The summed E-state index contributed by atoms with van der Waals surface area (Å²) in [6.45, 7) is 5.26. The quantitative estimate of drug-likeness (QED) is 0.151. The van der Waals surface area contributed by atoms with Gasteiger partial charge in [-0.15, -0.1) is 10.1 Å². The predicted molar refractivity (Wildman–Crippen MR) is 65.8 cm³/mol. The molecule has 0 aliphatic carbocycles. The molecule has 0 heterocycles. The Morgan fingerprint density at radius 3 is 2.56 bits per heavy atom. The van der Waals surface area contributed by atoms with Gasteiger partial charge < -0.3 is 21.1 Å². The number of oxime groups is 1. The average Bonchev–Trinajstić information content (AvgIpc) is 2.23. The average molecular weight is 264 g/mol. The molecule has 0 unspecified atom stereocenters. The second-order valence-corrected chi connectivity index (χ2v) is 2.93. The van der Waals surface area contributed by atoms with Gasteiger partial charge in [-0.2, -0.15) is 0 Å². The number of nitrogens with two attached hydrogens (primary N) is 1. The summed E-state index contributed by atoms with van der Waals surface area (Å²) in [4.78, 5) is 13.4. The topological polar surface area (TPSA) is 159 Å². The molecule has 0 bridgehead atoms. The van der Waals surface area contributed by atoms with E-state index in [0.717, 1.165) is 12.8 Å². The Balaban J connectivity index is 0. The third kappa shape index (κ3) is 19.3. The molecule has 0 rings (SSSR count). The van der Waals surface area contributed by atoms with Crippen molar-refractivity contribution in [1.82, 2.24) is 10.6 Å². The monoisotopic (exact) mass is 264 g/mol. The standard InChI is InChI=1S/C8H19N5O.HNO3/c1-3-5-6-14-13-8(11-4-2)12-7(9)10;2-1(3)4/h3-6H2,1-2H3,(H5,9,10,11,12,13);(H,2,3,4). The van der Waals surface area contributed by atoms with Crippen molar-refractivity contribution in [3.8, 4) is 0 Å². The Morgan fingerprint density at radius 1 is 1.61 bits per heavy atom. The summed E-state index contributed by atoms with van der Waals surface area (Å²) in [5.41, 5.74) is 5.15. The summed E-state index contributed by atoms with van der Waals surface area (Å²) in [7, 11) is 0. The SMILES string of the molecule is CCCCON=C(NCC)NC(=N)N.O=[N+]([O-])O. The van der Waals surface area contributed by atoms with E-state index in [2.05, 4.69) is 22.7 Å². The molecule has 0 spiro atoms. The highest BCUT2D eigenvalue weighted by atomic mass is 16.9. The van der Waals surface area contributed by atoms with Gasteiger partial charge in [-0.3, -0.25) is 10.7 Å². The second-order valence-electron chi connectivity index (χ2n) is 2.93. The number of unbranched alkanes of at least 4 members (excludes halogenated alkanes) is 1. The lowest BCUT2D eigenvalue weighted by atomic mass is 10.4. The van der Waals surface area contributed by atoms with Gasteiger partial charge in [0.1, 0.15) is 6.61 Å². The Kier molecular flexibility index (Phi) is 12.9. The Labute approximate surface area is 105 Å². The fraction of sp³-hybridized carbons (Fsp3) is 0.750. The maximum absolute atomic E-state index is 8.36. The lowest BCUT2D eigenvalue weighted by Gasteiger charge is -2.08. The van der Waals surface area contributed by atoms with Gasteiger partial charge in [-0.1, -0.05) is 13.3 Å². The van der Waals surface area contributed by atoms with E-state index in [0.29, 0.717) is 19.1 Å². The number of guanidine groups is 2. The van der Waals surface area contributed by atoms with E-state index < -0.39 is 5.09 Å². The first-order valence-electron chi connectivity index (χ1n) is 5.32. The molecule has 0 radical (unpaired) electrons. The molecule has 0 aromatic heterocycles. The third-order valence-corrected chi connectivity index (χ3v) is 1.34. The van der Waals surface area contributed by atoms with Crippen LogP contribution >= 0.6 is 0 Å². The predicted octanol–water partition coefficient (Wildman–Crippen LogP) is -0.181. The fourth-order valence-electron chi connectivity index (χ4n) is 0.713. The molecule has 0 fully saturated rings. The first-order chi connectivity index (χ1) is 8.43. The maximum atomic E-state index is 8.36. The molecule has 6 N–H and O–H groups in total. The van der Waals surface area contributed by atoms with Crippen LogP contribution in [0.5, 0.6) is 0 Å². The molecule has 0 atom stereocenters. The van der Waals surface area contributed by atoms with E-state index in [-0.39, 0.29) is 5.96 Å². The number of nitrogens with one attached hydrogen (secondary N) is 3. The van der Waals surface area contributed by atoms with Crippen LogP contribution in [-0.2, 0) is 4.84 Å². The van der Waals surface area contributed by atoms with Crippen LogP contribution in [0.15, 0.2) is 5.16 Å². The summed E-state index contributed by atoms with van der Waals surface area (Å²) >= 11 is 0. The molecule has 106 valence electrons. The zero-order valence-corrected chi connectivity index (χ0v) is 10.5. The van der Waals surface area contributed by atoms with Gasteiger partial charge in [-0.05, 0) is 18.5 Å². The minimum absolute atomic E-state index is 0.163. The molecule has 0 aromatic carbocycles. The Morgan fingerprint density at radius 2 is 2.17 bits per heavy atom. The van der Waals surface area contributed by atoms with Crippen molar-refractivity contribution < 1.29 is 15.1 Å². The summed E-state index contributed by atoms with van der Waals surface area (Å²) in [6.07, 6.45) is 2.02. The largest absolute Gasteiger partial charge is 0.393 e. The highest BCUT2D eigenvalue weighted by molar-refractivity contribution is 5.96. The molecular formula is C8H20N6O4. The van der Waals surface area contributed by atoms with Crippen LogP contribution in [0.25, 0.3) is 0 Å².